The zero-order valence-corrected chi connectivity index (χ0v) is 13.5. The highest BCUT2D eigenvalue weighted by Crippen LogP contribution is 2.33. The maximum absolute atomic E-state index is 12.5. The van der Waals surface area contributed by atoms with E-state index in [4.69, 9.17) is 0 Å². The van der Waals surface area contributed by atoms with E-state index < -0.39 is 0 Å². The van der Waals surface area contributed by atoms with Crippen molar-refractivity contribution in [2.45, 2.75) is 33.6 Å². The lowest BCUT2D eigenvalue weighted by atomic mass is 9.91. The quantitative estimate of drug-likeness (QED) is 0.836. The van der Waals surface area contributed by atoms with Crippen LogP contribution in [0.3, 0.4) is 0 Å². The average Bonchev–Trinajstić information content (AvgIpc) is 2.89. The first-order valence-corrected chi connectivity index (χ1v) is 7.78. The van der Waals surface area contributed by atoms with E-state index in [9.17, 15) is 4.79 Å². The van der Waals surface area contributed by atoms with Crippen LogP contribution < -0.4 is 4.90 Å². The van der Waals surface area contributed by atoms with E-state index >= 15 is 0 Å². The number of hydrogen-bond acceptors (Lipinski definition) is 2. The summed E-state index contributed by atoms with van der Waals surface area (Å²) in [6, 6.07) is 10.4. The monoisotopic (exact) mass is 294 g/mol. The van der Waals surface area contributed by atoms with Gasteiger partial charge in [0.2, 0.25) is 5.91 Å². The predicted molar refractivity (Wildman–Crippen MR) is 89.8 cm³/mol. The van der Waals surface area contributed by atoms with Crippen molar-refractivity contribution in [3.8, 4) is 11.1 Å². The van der Waals surface area contributed by atoms with Crippen LogP contribution in [0.4, 0.5) is 5.69 Å². The number of carbonyl (C=O) groups is 1. The van der Waals surface area contributed by atoms with Crippen LogP contribution in [0.1, 0.15) is 32.8 Å². The Kier molecular flexibility index (Phi) is 3.73. The second kappa shape index (κ2) is 5.56. The molecule has 0 aliphatic carbocycles. The molecule has 2 heterocycles. The van der Waals surface area contributed by atoms with Crippen molar-refractivity contribution in [1.82, 2.24) is 4.98 Å². The Morgan fingerprint density at radius 2 is 1.86 bits per heavy atom. The molecule has 2 aromatic rings. The third-order valence-corrected chi connectivity index (χ3v) is 3.97. The van der Waals surface area contributed by atoms with Gasteiger partial charge in [-0.15, -0.1) is 0 Å². The van der Waals surface area contributed by atoms with Gasteiger partial charge in [0, 0.05) is 31.0 Å². The van der Waals surface area contributed by atoms with E-state index in [-0.39, 0.29) is 11.3 Å². The summed E-state index contributed by atoms with van der Waals surface area (Å²) in [7, 11) is 0. The zero-order valence-electron chi connectivity index (χ0n) is 13.5. The Labute approximate surface area is 132 Å². The third-order valence-electron chi connectivity index (χ3n) is 3.97. The van der Waals surface area contributed by atoms with E-state index in [1.807, 2.05) is 29.4 Å². The Bertz CT molecular complexity index is 686. The normalized spacial score (nSPS) is 14.0. The summed E-state index contributed by atoms with van der Waals surface area (Å²) in [5, 5.41) is 0. The standard InChI is InChI=1S/C19H22N2O/c1-19(2,3)13-18(22)21-11-8-16-12-15(4-5-17(16)21)14-6-9-20-10-7-14/h4-7,9-10,12H,8,11,13H2,1-3H3. The number of benzene rings is 1. The minimum Gasteiger partial charge on any atom is -0.312 e. The van der Waals surface area contributed by atoms with Crippen molar-refractivity contribution in [3.63, 3.8) is 0 Å². The lowest BCUT2D eigenvalue weighted by Crippen LogP contribution is -2.31. The van der Waals surface area contributed by atoms with Crippen molar-refractivity contribution in [1.29, 1.82) is 0 Å². The van der Waals surface area contributed by atoms with Crippen molar-refractivity contribution >= 4 is 11.6 Å². The Hall–Kier alpha value is -2.16. The van der Waals surface area contributed by atoms with Gasteiger partial charge in [-0.3, -0.25) is 9.78 Å². The number of carbonyl (C=O) groups excluding carboxylic acids is 1. The molecular formula is C19H22N2O. The van der Waals surface area contributed by atoms with Crippen molar-refractivity contribution in [2.24, 2.45) is 5.41 Å². The first-order chi connectivity index (χ1) is 10.4. The average molecular weight is 294 g/mol. The van der Waals surface area contributed by atoms with Crippen LogP contribution in [0.2, 0.25) is 0 Å². The van der Waals surface area contributed by atoms with Crippen LogP contribution in [0.5, 0.6) is 0 Å². The minimum atomic E-state index is 0.0246. The molecule has 0 bridgehead atoms. The number of anilines is 1. The topological polar surface area (TPSA) is 33.2 Å². The second-order valence-corrected chi connectivity index (χ2v) is 7.11. The molecule has 114 valence electrons. The third kappa shape index (κ3) is 3.03. The molecular weight excluding hydrogens is 272 g/mol. The number of pyridine rings is 1. The highest BCUT2D eigenvalue weighted by Gasteiger charge is 2.27. The molecule has 0 fully saturated rings. The fourth-order valence-corrected chi connectivity index (χ4v) is 2.93. The first-order valence-electron chi connectivity index (χ1n) is 7.78. The highest BCUT2D eigenvalue weighted by molar-refractivity contribution is 5.96. The molecule has 0 saturated heterocycles. The lowest BCUT2D eigenvalue weighted by molar-refractivity contribution is -0.120. The summed E-state index contributed by atoms with van der Waals surface area (Å²) in [6.07, 6.45) is 5.13. The number of amides is 1. The smallest absolute Gasteiger partial charge is 0.227 e. The van der Waals surface area contributed by atoms with E-state index in [1.165, 1.54) is 11.1 Å². The predicted octanol–water partition coefficient (Wildman–Crippen LogP) is 4.07. The molecule has 1 aromatic carbocycles. The van der Waals surface area contributed by atoms with Crippen molar-refractivity contribution in [3.05, 3.63) is 48.3 Å². The van der Waals surface area contributed by atoms with Crippen LogP contribution in [-0.4, -0.2) is 17.4 Å². The second-order valence-electron chi connectivity index (χ2n) is 7.11. The van der Waals surface area contributed by atoms with E-state index in [0.717, 1.165) is 24.2 Å². The summed E-state index contributed by atoms with van der Waals surface area (Å²) in [4.78, 5) is 18.5. The van der Waals surface area contributed by atoms with Crippen LogP contribution in [0, 0.1) is 5.41 Å². The Balaban J connectivity index is 1.86. The van der Waals surface area contributed by atoms with Gasteiger partial charge in [-0.25, -0.2) is 0 Å². The summed E-state index contributed by atoms with van der Waals surface area (Å²) in [5.41, 5.74) is 4.71. The molecule has 0 spiro atoms. The number of rotatable bonds is 2. The van der Waals surface area contributed by atoms with Gasteiger partial charge in [-0.2, -0.15) is 0 Å². The van der Waals surface area contributed by atoms with Crippen LogP contribution >= 0.6 is 0 Å². The molecule has 3 heteroatoms. The lowest BCUT2D eigenvalue weighted by Gasteiger charge is -2.23. The molecule has 0 N–H and O–H groups in total. The molecule has 1 aliphatic rings. The van der Waals surface area contributed by atoms with E-state index in [0.29, 0.717) is 6.42 Å². The molecule has 0 saturated carbocycles. The maximum atomic E-state index is 12.5. The fraction of sp³-hybridized carbons (Fsp3) is 0.368. The SMILES string of the molecule is CC(C)(C)CC(=O)N1CCc2cc(-c3ccncc3)ccc21. The highest BCUT2D eigenvalue weighted by atomic mass is 16.2. The zero-order chi connectivity index (χ0) is 15.7. The summed E-state index contributed by atoms with van der Waals surface area (Å²) in [6.45, 7) is 7.11. The van der Waals surface area contributed by atoms with Crippen LogP contribution in [0.15, 0.2) is 42.7 Å². The molecule has 22 heavy (non-hydrogen) atoms. The summed E-state index contributed by atoms with van der Waals surface area (Å²) >= 11 is 0. The molecule has 0 unspecified atom stereocenters. The maximum Gasteiger partial charge on any atom is 0.227 e. The molecule has 0 atom stereocenters. The summed E-state index contributed by atoms with van der Waals surface area (Å²) in [5.74, 6) is 0.225. The number of aromatic nitrogens is 1. The number of hydrogen-bond donors (Lipinski definition) is 0. The van der Waals surface area contributed by atoms with Crippen molar-refractivity contribution < 1.29 is 4.79 Å². The molecule has 3 rings (SSSR count). The van der Waals surface area contributed by atoms with E-state index in [1.54, 1.807) is 0 Å². The summed E-state index contributed by atoms with van der Waals surface area (Å²) < 4.78 is 0. The molecule has 3 nitrogen and oxygen atoms in total. The van der Waals surface area contributed by atoms with Crippen LogP contribution in [-0.2, 0) is 11.2 Å². The first kappa shape index (κ1) is 14.8. The van der Waals surface area contributed by atoms with Gasteiger partial charge < -0.3 is 4.90 Å². The number of fused-ring (bicyclic) bond motifs is 1. The Morgan fingerprint density at radius 1 is 1.14 bits per heavy atom. The van der Waals surface area contributed by atoms with Gasteiger partial charge in [-0.1, -0.05) is 26.8 Å². The molecule has 1 amide bonds. The molecule has 1 aromatic heterocycles. The minimum absolute atomic E-state index is 0.0246. The van der Waals surface area contributed by atoms with Gasteiger partial charge >= 0.3 is 0 Å². The number of nitrogens with zero attached hydrogens (tertiary/aromatic N) is 2. The van der Waals surface area contributed by atoms with Gasteiger partial charge in [0.25, 0.3) is 0 Å². The van der Waals surface area contributed by atoms with E-state index in [2.05, 4.69) is 44.0 Å². The van der Waals surface area contributed by atoms with Gasteiger partial charge in [0.1, 0.15) is 0 Å². The molecule has 1 aliphatic heterocycles. The largest absolute Gasteiger partial charge is 0.312 e. The van der Waals surface area contributed by atoms with Crippen molar-refractivity contribution in [2.75, 3.05) is 11.4 Å². The van der Waals surface area contributed by atoms with Gasteiger partial charge in [0.05, 0.1) is 0 Å². The molecule has 0 radical (unpaired) electrons. The van der Waals surface area contributed by atoms with Gasteiger partial charge in [-0.05, 0) is 52.8 Å². The van der Waals surface area contributed by atoms with Crippen LogP contribution in [0.25, 0.3) is 11.1 Å². The van der Waals surface area contributed by atoms with Gasteiger partial charge in [0.15, 0.2) is 0 Å². The Morgan fingerprint density at radius 3 is 2.55 bits per heavy atom. The fourth-order valence-electron chi connectivity index (χ4n) is 2.93.